The van der Waals surface area contributed by atoms with E-state index in [1.807, 2.05) is 36.4 Å². The van der Waals surface area contributed by atoms with Gasteiger partial charge in [0.1, 0.15) is 11.2 Å². The summed E-state index contributed by atoms with van der Waals surface area (Å²) in [5.74, 6) is 0.706. The van der Waals surface area contributed by atoms with Crippen molar-refractivity contribution in [3.63, 3.8) is 0 Å². The standard InChI is InChI=1S/C46H29N3O/c1-4-13-31(14-5-1)39-29-40(48-46(47-39)33-15-6-2-7-16-33)32-25-23-30(24-26-32)35-20-12-21-36-37-27-28-42-43(45(37)50-44(35)36)38-19-10-11-22-41(38)49(42)34-17-8-3-9-18-34/h1-29H. The predicted molar refractivity (Wildman–Crippen MR) is 205 cm³/mol. The first kappa shape index (κ1) is 28.3. The Balaban J connectivity index is 1.11. The fourth-order valence-corrected chi connectivity index (χ4v) is 7.28. The van der Waals surface area contributed by atoms with E-state index in [4.69, 9.17) is 14.4 Å². The molecule has 0 radical (unpaired) electrons. The van der Waals surface area contributed by atoms with E-state index in [0.29, 0.717) is 5.82 Å². The molecular weight excluding hydrogens is 611 g/mol. The van der Waals surface area contributed by atoms with E-state index >= 15 is 0 Å². The second-order valence-electron chi connectivity index (χ2n) is 12.6. The monoisotopic (exact) mass is 639 g/mol. The molecule has 0 saturated carbocycles. The van der Waals surface area contributed by atoms with Crippen molar-refractivity contribution in [2.45, 2.75) is 0 Å². The number of benzene rings is 7. The van der Waals surface area contributed by atoms with Gasteiger partial charge in [-0.25, -0.2) is 9.97 Å². The van der Waals surface area contributed by atoms with Crippen molar-refractivity contribution < 1.29 is 4.42 Å². The molecule has 0 N–H and O–H groups in total. The number of nitrogens with zero attached hydrogens (tertiary/aromatic N) is 3. The molecule has 0 aliphatic carbocycles. The molecule has 0 bridgehead atoms. The zero-order valence-corrected chi connectivity index (χ0v) is 27.0. The van der Waals surface area contributed by atoms with E-state index in [0.717, 1.165) is 83.3 Å². The van der Waals surface area contributed by atoms with Gasteiger partial charge in [0.05, 0.1) is 27.8 Å². The van der Waals surface area contributed by atoms with Gasteiger partial charge in [0.15, 0.2) is 5.82 Å². The van der Waals surface area contributed by atoms with Gasteiger partial charge in [-0.15, -0.1) is 0 Å². The number of hydrogen-bond donors (Lipinski definition) is 0. The van der Waals surface area contributed by atoms with Crippen molar-refractivity contribution in [2.24, 2.45) is 0 Å². The Morgan fingerprint density at radius 1 is 0.400 bits per heavy atom. The van der Waals surface area contributed by atoms with Crippen LogP contribution in [0.5, 0.6) is 0 Å². The predicted octanol–water partition coefficient (Wildman–Crippen LogP) is 12.1. The molecule has 4 nitrogen and oxygen atoms in total. The fourth-order valence-electron chi connectivity index (χ4n) is 7.28. The van der Waals surface area contributed by atoms with Crippen LogP contribution in [0, 0.1) is 0 Å². The lowest BCUT2D eigenvalue weighted by molar-refractivity contribution is 0.674. The summed E-state index contributed by atoms with van der Waals surface area (Å²) in [4.78, 5) is 9.98. The molecule has 234 valence electrons. The Kier molecular flexibility index (Phi) is 6.46. The lowest BCUT2D eigenvalue weighted by atomic mass is 9.99. The molecule has 4 heteroatoms. The summed E-state index contributed by atoms with van der Waals surface area (Å²) >= 11 is 0. The van der Waals surface area contributed by atoms with Crippen molar-refractivity contribution in [2.75, 3.05) is 0 Å². The van der Waals surface area contributed by atoms with Crippen LogP contribution in [0.2, 0.25) is 0 Å². The van der Waals surface area contributed by atoms with Gasteiger partial charge < -0.3 is 8.98 Å². The van der Waals surface area contributed by atoms with Gasteiger partial charge in [0.2, 0.25) is 0 Å². The van der Waals surface area contributed by atoms with Gasteiger partial charge >= 0.3 is 0 Å². The highest BCUT2D eigenvalue weighted by Crippen LogP contribution is 2.43. The summed E-state index contributed by atoms with van der Waals surface area (Å²) in [6.45, 7) is 0. The number of fused-ring (bicyclic) bond motifs is 7. The summed E-state index contributed by atoms with van der Waals surface area (Å²) in [6, 6.07) is 61.2. The Hall–Kier alpha value is -6.78. The van der Waals surface area contributed by atoms with Crippen LogP contribution < -0.4 is 0 Å². The second kappa shape index (κ2) is 11.4. The summed E-state index contributed by atoms with van der Waals surface area (Å²) in [7, 11) is 0. The van der Waals surface area contributed by atoms with Crippen molar-refractivity contribution in [3.8, 4) is 50.7 Å². The molecule has 0 amide bonds. The minimum atomic E-state index is 0.706. The van der Waals surface area contributed by atoms with Crippen LogP contribution >= 0.6 is 0 Å². The van der Waals surface area contributed by atoms with Gasteiger partial charge in [-0.3, -0.25) is 0 Å². The third-order valence-corrected chi connectivity index (χ3v) is 9.63. The zero-order valence-electron chi connectivity index (χ0n) is 27.0. The molecule has 10 rings (SSSR count). The van der Waals surface area contributed by atoms with Gasteiger partial charge in [-0.1, -0.05) is 140 Å². The van der Waals surface area contributed by atoms with E-state index in [2.05, 4.69) is 144 Å². The van der Waals surface area contributed by atoms with Gasteiger partial charge in [0, 0.05) is 44.1 Å². The molecule has 3 aromatic heterocycles. The highest BCUT2D eigenvalue weighted by atomic mass is 16.3. The maximum Gasteiger partial charge on any atom is 0.160 e. The van der Waals surface area contributed by atoms with E-state index in [-0.39, 0.29) is 0 Å². The summed E-state index contributed by atoms with van der Waals surface area (Å²) in [5.41, 5.74) is 12.2. The molecule has 50 heavy (non-hydrogen) atoms. The lowest BCUT2D eigenvalue weighted by Crippen LogP contribution is -1.95. The van der Waals surface area contributed by atoms with Gasteiger partial charge in [-0.05, 0) is 42.0 Å². The lowest BCUT2D eigenvalue weighted by Gasteiger charge is -2.10. The Bertz CT molecular complexity index is 2780. The van der Waals surface area contributed by atoms with Gasteiger partial charge in [-0.2, -0.15) is 0 Å². The summed E-state index contributed by atoms with van der Waals surface area (Å²) < 4.78 is 9.25. The van der Waals surface area contributed by atoms with Crippen LogP contribution in [0.15, 0.2) is 180 Å². The minimum absolute atomic E-state index is 0.706. The number of furan rings is 1. The van der Waals surface area contributed by atoms with Crippen molar-refractivity contribution in [1.82, 2.24) is 14.5 Å². The summed E-state index contributed by atoms with van der Waals surface area (Å²) in [5, 5.41) is 4.53. The number of para-hydroxylation sites is 3. The number of rotatable bonds is 5. The van der Waals surface area contributed by atoms with Crippen LogP contribution in [-0.2, 0) is 0 Å². The van der Waals surface area contributed by atoms with Crippen LogP contribution in [0.25, 0.3) is 94.5 Å². The first-order chi connectivity index (χ1) is 24.8. The maximum atomic E-state index is 6.92. The second-order valence-corrected chi connectivity index (χ2v) is 12.6. The van der Waals surface area contributed by atoms with E-state index in [9.17, 15) is 0 Å². The molecule has 10 aromatic rings. The molecule has 0 atom stereocenters. The fraction of sp³-hybridized carbons (Fsp3) is 0. The van der Waals surface area contributed by atoms with E-state index in [1.54, 1.807) is 0 Å². The summed E-state index contributed by atoms with van der Waals surface area (Å²) in [6.07, 6.45) is 0. The highest BCUT2D eigenvalue weighted by molar-refractivity contribution is 6.24. The SMILES string of the molecule is c1ccc(-c2cc(-c3ccc(-c4cccc5c4oc4c5ccc5c4c4ccccc4n5-c4ccccc4)cc3)nc(-c3ccccc3)n2)cc1. The Labute approximate surface area is 288 Å². The normalized spacial score (nSPS) is 11.6. The molecular formula is C46H29N3O. The van der Waals surface area contributed by atoms with E-state index < -0.39 is 0 Å². The molecule has 0 saturated heterocycles. The largest absolute Gasteiger partial charge is 0.455 e. The van der Waals surface area contributed by atoms with Crippen LogP contribution in [0.3, 0.4) is 0 Å². The molecule has 3 heterocycles. The maximum absolute atomic E-state index is 6.92. The topological polar surface area (TPSA) is 43.9 Å². The molecule has 7 aromatic carbocycles. The molecule has 0 fully saturated rings. The van der Waals surface area contributed by atoms with Crippen LogP contribution in [-0.4, -0.2) is 14.5 Å². The first-order valence-electron chi connectivity index (χ1n) is 16.8. The quantitative estimate of drug-likeness (QED) is 0.188. The van der Waals surface area contributed by atoms with Crippen LogP contribution in [0.1, 0.15) is 0 Å². The molecule has 0 aliphatic heterocycles. The smallest absolute Gasteiger partial charge is 0.160 e. The third-order valence-electron chi connectivity index (χ3n) is 9.63. The number of aromatic nitrogens is 3. The van der Waals surface area contributed by atoms with Crippen LogP contribution in [0.4, 0.5) is 0 Å². The number of hydrogen-bond acceptors (Lipinski definition) is 3. The average molecular weight is 640 g/mol. The Morgan fingerprint density at radius 3 is 1.72 bits per heavy atom. The van der Waals surface area contributed by atoms with Crippen molar-refractivity contribution >= 4 is 43.7 Å². The molecule has 0 unspecified atom stereocenters. The molecule has 0 aliphatic rings. The van der Waals surface area contributed by atoms with Crippen molar-refractivity contribution in [3.05, 3.63) is 176 Å². The van der Waals surface area contributed by atoms with Gasteiger partial charge in [0.25, 0.3) is 0 Å². The Morgan fingerprint density at radius 2 is 0.980 bits per heavy atom. The highest BCUT2D eigenvalue weighted by Gasteiger charge is 2.20. The van der Waals surface area contributed by atoms with E-state index in [1.165, 1.54) is 5.39 Å². The zero-order chi connectivity index (χ0) is 33.0. The first-order valence-corrected chi connectivity index (χ1v) is 16.8. The third kappa shape index (κ3) is 4.54. The van der Waals surface area contributed by atoms with Crippen molar-refractivity contribution in [1.29, 1.82) is 0 Å². The average Bonchev–Trinajstić information content (AvgIpc) is 3.75. The minimum Gasteiger partial charge on any atom is -0.455 e. The molecule has 0 spiro atoms.